The van der Waals surface area contributed by atoms with Crippen LogP contribution in [0.1, 0.15) is 42.4 Å². The van der Waals surface area contributed by atoms with Gasteiger partial charge in [0.2, 0.25) is 5.91 Å². The van der Waals surface area contributed by atoms with E-state index in [1.807, 2.05) is 19.1 Å². The number of anilines is 3. The lowest BCUT2D eigenvalue weighted by Crippen LogP contribution is -2.14. The van der Waals surface area contributed by atoms with Gasteiger partial charge in [0.15, 0.2) is 0 Å². The average molecular weight is 433 g/mol. The van der Waals surface area contributed by atoms with Gasteiger partial charge in [-0.1, -0.05) is 19.1 Å². The van der Waals surface area contributed by atoms with Gasteiger partial charge in [-0.05, 0) is 49.4 Å². The second-order valence-corrected chi connectivity index (χ2v) is 7.05. The van der Waals surface area contributed by atoms with Crippen LogP contribution in [-0.4, -0.2) is 21.7 Å². The van der Waals surface area contributed by atoms with E-state index in [4.69, 9.17) is 0 Å². The number of amides is 2. The van der Waals surface area contributed by atoms with Crippen LogP contribution in [0.25, 0.3) is 0 Å². The first-order valence-electron chi connectivity index (χ1n) is 10.0. The highest BCUT2D eigenvalue weighted by Crippen LogP contribution is 2.29. The van der Waals surface area contributed by atoms with Crippen molar-refractivity contribution in [2.45, 2.75) is 26.3 Å². The summed E-state index contributed by atoms with van der Waals surface area (Å²) in [6.07, 6.45) is 1.98. The zero-order valence-corrected chi connectivity index (χ0v) is 17.7. The number of aromatic nitrogens is 1. The molecule has 0 aliphatic carbocycles. The predicted octanol–water partition coefficient (Wildman–Crippen LogP) is 4.76. The van der Waals surface area contributed by atoms with Gasteiger partial charge in [0, 0.05) is 35.6 Å². The predicted molar refractivity (Wildman–Crippen MR) is 123 cm³/mol. The summed E-state index contributed by atoms with van der Waals surface area (Å²) in [6.45, 7) is 3.58. The topological polar surface area (TPSA) is 126 Å². The Hall–Kier alpha value is -4.27. The van der Waals surface area contributed by atoms with Gasteiger partial charge in [0.25, 0.3) is 11.6 Å². The van der Waals surface area contributed by atoms with Crippen LogP contribution in [0.2, 0.25) is 0 Å². The minimum absolute atomic E-state index is 0.135. The van der Waals surface area contributed by atoms with E-state index in [1.165, 1.54) is 18.2 Å². The van der Waals surface area contributed by atoms with Gasteiger partial charge in [0.05, 0.1) is 16.7 Å². The summed E-state index contributed by atoms with van der Waals surface area (Å²) in [6, 6.07) is 16.1. The van der Waals surface area contributed by atoms with Crippen molar-refractivity contribution < 1.29 is 14.5 Å². The van der Waals surface area contributed by atoms with Crippen molar-refractivity contribution in [3.8, 4) is 0 Å². The molecule has 1 atom stereocenters. The van der Waals surface area contributed by atoms with Crippen molar-refractivity contribution in [3.63, 3.8) is 0 Å². The maximum absolute atomic E-state index is 12.7. The van der Waals surface area contributed by atoms with Gasteiger partial charge >= 0.3 is 0 Å². The molecule has 1 aromatic heterocycles. The molecule has 0 fully saturated rings. The summed E-state index contributed by atoms with van der Waals surface area (Å²) < 4.78 is 0. The Bertz CT molecular complexity index is 1130. The SMILES string of the molecule is CCC(=O)Nc1cccc(NC(=O)c2ccc(NC(C)c3ccccn3)c([N+](=O)[O-])c2)c1. The normalized spacial score (nSPS) is 11.3. The van der Waals surface area contributed by atoms with Gasteiger partial charge in [-0.3, -0.25) is 24.7 Å². The van der Waals surface area contributed by atoms with E-state index in [0.717, 1.165) is 5.69 Å². The molecule has 0 saturated heterocycles. The van der Waals surface area contributed by atoms with Gasteiger partial charge in [-0.2, -0.15) is 0 Å². The third-order valence-electron chi connectivity index (χ3n) is 4.69. The minimum atomic E-state index is -0.537. The number of hydrogen-bond acceptors (Lipinski definition) is 6. The Kier molecular flexibility index (Phi) is 7.12. The molecular weight excluding hydrogens is 410 g/mol. The lowest BCUT2D eigenvalue weighted by molar-refractivity contribution is -0.384. The molecule has 0 saturated carbocycles. The van der Waals surface area contributed by atoms with Crippen molar-refractivity contribution in [1.29, 1.82) is 0 Å². The zero-order chi connectivity index (χ0) is 23.1. The van der Waals surface area contributed by atoms with Crippen LogP contribution in [0.5, 0.6) is 0 Å². The van der Waals surface area contributed by atoms with E-state index < -0.39 is 10.8 Å². The van der Waals surface area contributed by atoms with Crippen LogP contribution in [0, 0.1) is 10.1 Å². The molecule has 2 amide bonds. The van der Waals surface area contributed by atoms with Gasteiger partial charge in [-0.25, -0.2) is 0 Å². The molecule has 9 nitrogen and oxygen atoms in total. The first-order chi connectivity index (χ1) is 15.4. The number of nitro benzene ring substituents is 1. The summed E-state index contributed by atoms with van der Waals surface area (Å²) >= 11 is 0. The number of nitrogens with zero attached hydrogens (tertiary/aromatic N) is 2. The van der Waals surface area contributed by atoms with Crippen molar-refractivity contribution in [2.24, 2.45) is 0 Å². The first kappa shape index (κ1) is 22.4. The van der Waals surface area contributed by atoms with E-state index in [9.17, 15) is 19.7 Å². The molecule has 3 rings (SSSR count). The number of carbonyl (C=O) groups excluding carboxylic acids is 2. The summed E-state index contributed by atoms with van der Waals surface area (Å²) in [5, 5.41) is 20.1. The molecule has 9 heteroatoms. The molecule has 32 heavy (non-hydrogen) atoms. The Balaban J connectivity index is 1.78. The summed E-state index contributed by atoms with van der Waals surface area (Å²) in [5.74, 6) is -0.650. The summed E-state index contributed by atoms with van der Waals surface area (Å²) in [5.41, 5.74) is 1.94. The highest BCUT2D eigenvalue weighted by molar-refractivity contribution is 6.05. The second kappa shape index (κ2) is 10.2. The number of rotatable bonds is 8. The fourth-order valence-electron chi connectivity index (χ4n) is 3.01. The maximum atomic E-state index is 12.7. The van der Waals surface area contributed by atoms with E-state index >= 15 is 0 Å². The second-order valence-electron chi connectivity index (χ2n) is 7.05. The first-order valence-corrected chi connectivity index (χ1v) is 10.0. The summed E-state index contributed by atoms with van der Waals surface area (Å²) in [4.78, 5) is 39.6. The van der Waals surface area contributed by atoms with Gasteiger partial charge in [-0.15, -0.1) is 0 Å². The Labute approximate surface area is 185 Å². The Morgan fingerprint density at radius 1 is 1.03 bits per heavy atom. The van der Waals surface area contributed by atoms with Crippen LogP contribution < -0.4 is 16.0 Å². The van der Waals surface area contributed by atoms with Crippen LogP contribution in [0.4, 0.5) is 22.7 Å². The largest absolute Gasteiger partial charge is 0.371 e. The monoisotopic (exact) mass is 433 g/mol. The highest BCUT2D eigenvalue weighted by Gasteiger charge is 2.20. The third kappa shape index (κ3) is 5.66. The molecule has 1 unspecified atom stereocenters. The van der Waals surface area contributed by atoms with Crippen molar-refractivity contribution in [3.05, 3.63) is 88.2 Å². The molecule has 1 heterocycles. The van der Waals surface area contributed by atoms with Crippen LogP contribution in [-0.2, 0) is 4.79 Å². The van der Waals surface area contributed by atoms with Crippen molar-refractivity contribution in [1.82, 2.24) is 4.98 Å². The van der Waals surface area contributed by atoms with Gasteiger partial charge < -0.3 is 16.0 Å². The molecule has 3 N–H and O–H groups in total. The molecule has 0 bridgehead atoms. The number of nitrogens with one attached hydrogen (secondary N) is 3. The van der Waals surface area contributed by atoms with E-state index in [1.54, 1.807) is 43.5 Å². The fraction of sp³-hybridized carbons (Fsp3) is 0.174. The molecule has 0 spiro atoms. The smallest absolute Gasteiger partial charge is 0.293 e. The van der Waals surface area contributed by atoms with E-state index in [2.05, 4.69) is 20.9 Å². The maximum Gasteiger partial charge on any atom is 0.293 e. The molecule has 0 radical (unpaired) electrons. The number of carbonyl (C=O) groups is 2. The van der Waals surface area contributed by atoms with Crippen molar-refractivity contribution >= 4 is 34.6 Å². The van der Waals surface area contributed by atoms with E-state index in [-0.39, 0.29) is 28.9 Å². The number of benzene rings is 2. The van der Waals surface area contributed by atoms with Crippen LogP contribution in [0.3, 0.4) is 0 Å². The molecule has 0 aliphatic rings. The molecular formula is C23H23N5O4. The molecule has 2 aromatic carbocycles. The number of hydrogen-bond donors (Lipinski definition) is 3. The van der Waals surface area contributed by atoms with Gasteiger partial charge in [0.1, 0.15) is 5.69 Å². The molecule has 164 valence electrons. The minimum Gasteiger partial charge on any atom is -0.371 e. The average Bonchev–Trinajstić information content (AvgIpc) is 2.79. The fourth-order valence-corrected chi connectivity index (χ4v) is 3.01. The lowest BCUT2D eigenvalue weighted by atomic mass is 10.1. The Morgan fingerprint density at radius 3 is 2.44 bits per heavy atom. The van der Waals surface area contributed by atoms with E-state index in [0.29, 0.717) is 17.8 Å². The number of nitro groups is 1. The van der Waals surface area contributed by atoms with Crippen LogP contribution in [0.15, 0.2) is 66.9 Å². The van der Waals surface area contributed by atoms with Crippen molar-refractivity contribution in [2.75, 3.05) is 16.0 Å². The molecule has 3 aromatic rings. The van der Waals surface area contributed by atoms with Crippen LogP contribution >= 0.6 is 0 Å². The standard InChI is InChI=1S/C23H23N5O4/c1-3-22(29)26-17-7-6-8-18(14-17)27-23(30)16-10-11-20(21(13-16)28(31)32)25-15(2)19-9-4-5-12-24-19/h4-15,25H,3H2,1-2H3,(H,26,29)(H,27,30). The summed E-state index contributed by atoms with van der Waals surface area (Å²) in [7, 11) is 0. The Morgan fingerprint density at radius 2 is 1.78 bits per heavy atom. The quantitative estimate of drug-likeness (QED) is 0.347. The lowest BCUT2D eigenvalue weighted by Gasteiger charge is -2.15. The third-order valence-corrected chi connectivity index (χ3v) is 4.69. The zero-order valence-electron chi connectivity index (χ0n) is 17.7. The highest BCUT2D eigenvalue weighted by atomic mass is 16.6. The number of pyridine rings is 1. The molecule has 0 aliphatic heterocycles.